The van der Waals surface area contributed by atoms with Gasteiger partial charge in [-0.25, -0.2) is 4.79 Å². The van der Waals surface area contributed by atoms with Crippen molar-refractivity contribution in [1.82, 2.24) is 10.2 Å². The number of amides is 2. The summed E-state index contributed by atoms with van der Waals surface area (Å²) < 4.78 is 1.20. The predicted molar refractivity (Wildman–Crippen MR) is 86.0 cm³/mol. The molecule has 0 saturated carbocycles. The minimum absolute atomic E-state index is 0.194. The number of carbonyl (C=O) groups excluding carboxylic acids is 1. The molecule has 1 unspecified atom stereocenters. The van der Waals surface area contributed by atoms with Crippen LogP contribution in [0.4, 0.5) is 4.79 Å². The lowest BCUT2D eigenvalue weighted by Gasteiger charge is -2.20. The van der Waals surface area contributed by atoms with Crippen molar-refractivity contribution in [3.05, 3.63) is 35.2 Å². The highest BCUT2D eigenvalue weighted by molar-refractivity contribution is 7.17. The second-order valence-electron chi connectivity index (χ2n) is 5.95. The third-order valence-corrected chi connectivity index (χ3v) is 5.28. The monoisotopic (exact) mass is 318 g/mol. The maximum atomic E-state index is 12.2. The number of nitrogens with zero attached hydrogens (tertiary/aromatic N) is 1. The van der Waals surface area contributed by atoms with Crippen LogP contribution >= 0.6 is 11.3 Å². The van der Waals surface area contributed by atoms with Crippen molar-refractivity contribution in [3.63, 3.8) is 0 Å². The van der Waals surface area contributed by atoms with E-state index in [-0.39, 0.29) is 12.6 Å². The van der Waals surface area contributed by atoms with Gasteiger partial charge in [0.15, 0.2) is 0 Å². The molecular weight excluding hydrogens is 300 g/mol. The zero-order valence-corrected chi connectivity index (χ0v) is 13.2. The van der Waals surface area contributed by atoms with Crippen LogP contribution in [0, 0.1) is 5.41 Å². The van der Waals surface area contributed by atoms with Gasteiger partial charge in [-0.05, 0) is 35.7 Å². The molecule has 6 heteroatoms. The van der Waals surface area contributed by atoms with Gasteiger partial charge in [0, 0.05) is 24.3 Å². The predicted octanol–water partition coefficient (Wildman–Crippen LogP) is 2.91. The summed E-state index contributed by atoms with van der Waals surface area (Å²) in [4.78, 5) is 25.0. The number of urea groups is 1. The Morgan fingerprint density at radius 3 is 2.91 bits per heavy atom. The highest BCUT2D eigenvalue weighted by atomic mass is 32.1. The average molecular weight is 318 g/mol. The van der Waals surface area contributed by atoms with E-state index in [9.17, 15) is 14.7 Å². The summed E-state index contributed by atoms with van der Waals surface area (Å²) in [6.45, 7) is 2.90. The van der Waals surface area contributed by atoms with E-state index in [4.69, 9.17) is 0 Å². The van der Waals surface area contributed by atoms with Gasteiger partial charge in [0.1, 0.15) is 0 Å². The Labute approximate surface area is 132 Å². The Hall–Kier alpha value is -2.08. The summed E-state index contributed by atoms with van der Waals surface area (Å²) in [5, 5.41) is 15.3. The molecule has 2 amide bonds. The summed E-state index contributed by atoms with van der Waals surface area (Å²) in [6, 6.07) is 7.90. The van der Waals surface area contributed by atoms with Crippen LogP contribution < -0.4 is 5.32 Å². The van der Waals surface area contributed by atoms with Gasteiger partial charge < -0.3 is 15.3 Å². The number of carboxylic acid groups (broad SMARTS) is 1. The van der Waals surface area contributed by atoms with Crippen LogP contribution in [-0.4, -0.2) is 35.1 Å². The van der Waals surface area contributed by atoms with Gasteiger partial charge in [-0.1, -0.05) is 18.2 Å². The molecule has 1 fully saturated rings. The third-order valence-electron chi connectivity index (χ3n) is 4.27. The van der Waals surface area contributed by atoms with E-state index in [0.717, 1.165) is 10.9 Å². The van der Waals surface area contributed by atoms with Crippen LogP contribution in [0.1, 0.15) is 18.9 Å². The first-order chi connectivity index (χ1) is 10.5. The van der Waals surface area contributed by atoms with Gasteiger partial charge in [0.25, 0.3) is 0 Å². The number of carbonyl (C=O) groups is 2. The molecule has 5 nitrogen and oxygen atoms in total. The van der Waals surface area contributed by atoms with Crippen LogP contribution in [0.2, 0.25) is 0 Å². The van der Waals surface area contributed by atoms with Crippen molar-refractivity contribution in [2.45, 2.75) is 19.9 Å². The van der Waals surface area contributed by atoms with Crippen LogP contribution in [0.15, 0.2) is 29.6 Å². The molecule has 2 aromatic rings. The third kappa shape index (κ3) is 2.66. The minimum Gasteiger partial charge on any atom is -0.481 e. The summed E-state index contributed by atoms with van der Waals surface area (Å²) >= 11 is 1.66. The molecule has 1 aromatic carbocycles. The molecule has 2 heterocycles. The first kappa shape index (κ1) is 14.8. The highest BCUT2D eigenvalue weighted by Gasteiger charge is 2.42. The van der Waals surface area contributed by atoms with Crippen molar-refractivity contribution >= 4 is 33.4 Å². The van der Waals surface area contributed by atoms with E-state index >= 15 is 0 Å². The van der Waals surface area contributed by atoms with E-state index in [1.165, 1.54) is 4.70 Å². The maximum Gasteiger partial charge on any atom is 0.317 e. The molecule has 22 heavy (non-hydrogen) atoms. The summed E-state index contributed by atoms with van der Waals surface area (Å²) in [7, 11) is 0. The highest BCUT2D eigenvalue weighted by Crippen LogP contribution is 2.30. The lowest BCUT2D eigenvalue weighted by Crippen LogP contribution is -2.40. The fourth-order valence-electron chi connectivity index (χ4n) is 2.76. The first-order valence-electron chi connectivity index (χ1n) is 7.21. The number of fused-ring (bicyclic) bond motifs is 1. The molecule has 1 aromatic heterocycles. The Bertz CT molecular complexity index is 727. The molecule has 2 N–H and O–H groups in total. The van der Waals surface area contributed by atoms with Crippen molar-refractivity contribution in [2.75, 3.05) is 13.1 Å². The molecule has 3 rings (SSSR count). The molecule has 1 saturated heterocycles. The molecule has 1 aliphatic rings. The van der Waals surface area contributed by atoms with Gasteiger partial charge in [-0.15, -0.1) is 11.3 Å². The van der Waals surface area contributed by atoms with Gasteiger partial charge in [0.05, 0.1) is 5.41 Å². The number of likely N-dealkylation sites (tertiary alicyclic amines) is 1. The summed E-state index contributed by atoms with van der Waals surface area (Å²) in [5.74, 6) is -0.841. The second-order valence-corrected chi connectivity index (χ2v) is 6.86. The molecule has 1 atom stereocenters. The van der Waals surface area contributed by atoms with Crippen molar-refractivity contribution < 1.29 is 14.7 Å². The van der Waals surface area contributed by atoms with E-state index in [0.29, 0.717) is 19.5 Å². The van der Waals surface area contributed by atoms with Crippen LogP contribution in [0.5, 0.6) is 0 Å². The molecule has 0 bridgehead atoms. The first-order valence-corrected chi connectivity index (χ1v) is 8.09. The zero-order valence-electron chi connectivity index (χ0n) is 12.3. The number of hydrogen-bond acceptors (Lipinski definition) is 3. The molecule has 0 radical (unpaired) electrons. The van der Waals surface area contributed by atoms with E-state index in [1.807, 2.05) is 18.2 Å². The van der Waals surface area contributed by atoms with Crippen LogP contribution in [-0.2, 0) is 11.3 Å². The van der Waals surface area contributed by atoms with Gasteiger partial charge in [0.2, 0.25) is 0 Å². The topological polar surface area (TPSA) is 69.6 Å². The summed E-state index contributed by atoms with van der Waals surface area (Å²) in [5.41, 5.74) is 0.265. The SMILES string of the molecule is CC1(C(=O)O)CCN(C(=O)NCc2csc3ccccc23)C1. The number of aliphatic carboxylic acids is 1. The number of carboxylic acids is 1. The van der Waals surface area contributed by atoms with Crippen molar-refractivity contribution in [2.24, 2.45) is 5.41 Å². The lowest BCUT2D eigenvalue weighted by molar-refractivity contribution is -0.146. The molecular formula is C16H18N2O3S. The van der Waals surface area contributed by atoms with Gasteiger partial charge >= 0.3 is 12.0 Å². The van der Waals surface area contributed by atoms with Crippen LogP contribution in [0.25, 0.3) is 10.1 Å². The number of nitrogens with one attached hydrogen (secondary N) is 1. The second kappa shape index (κ2) is 5.61. The largest absolute Gasteiger partial charge is 0.481 e. The number of rotatable bonds is 3. The maximum absolute atomic E-state index is 12.2. The smallest absolute Gasteiger partial charge is 0.317 e. The summed E-state index contributed by atoms with van der Waals surface area (Å²) in [6.07, 6.45) is 0.497. The molecule has 1 aliphatic heterocycles. The minimum atomic E-state index is -0.841. The Kier molecular flexibility index (Phi) is 3.78. The normalized spacial score (nSPS) is 21.2. The fraction of sp³-hybridized carbons (Fsp3) is 0.375. The average Bonchev–Trinajstić information content (AvgIpc) is 3.10. The Balaban J connectivity index is 1.63. The van der Waals surface area contributed by atoms with Gasteiger partial charge in [-0.2, -0.15) is 0 Å². The Morgan fingerprint density at radius 2 is 2.18 bits per heavy atom. The quantitative estimate of drug-likeness (QED) is 0.914. The molecule has 0 aliphatic carbocycles. The Morgan fingerprint density at radius 1 is 1.41 bits per heavy atom. The van der Waals surface area contributed by atoms with Crippen molar-refractivity contribution in [1.29, 1.82) is 0 Å². The van der Waals surface area contributed by atoms with Gasteiger partial charge in [-0.3, -0.25) is 4.79 Å². The molecule has 116 valence electrons. The van der Waals surface area contributed by atoms with E-state index in [2.05, 4.69) is 16.8 Å². The zero-order chi connectivity index (χ0) is 15.7. The lowest BCUT2D eigenvalue weighted by atomic mass is 9.90. The fourth-order valence-corrected chi connectivity index (χ4v) is 3.72. The standard InChI is InChI=1S/C16H18N2O3S/c1-16(14(19)20)6-7-18(10-16)15(21)17-8-11-9-22-13-5-3-2-4-12(11)13/h2-5,9H,6-8,10H2,1H3,(H,17,21)(H,19,20). The van der Waals surface area contributed by atoms with E-state index < -0.39 is 11.4 Å². The van der Waals surface area contributed by atoms with Crippen molar-refractivity contribution in [3.8, 4) is 0 Å². The number of benzene rings is 1. The van der Waals surface area contributed by atoms with E-state index in [1.54, 1.807) is 23.2 Å². The molecule has 0 spiro atoms. The number of thiophene rings is 1. The number of hydrogen-bond donors (Lipinski definition) is 2. The van der Waals surface area contributed by atoms with Crippen LogP contribution in [0.3, 0.4) is 0 Å².